The van der Waals surface area contributed by atoms with Crippen LogP contribution in [-0.2, 0) is 17.6 Å². The summed E-state index contributed by atoms with van der Waals surface area (Å²) in [5.41, 5.74) is 2.81. The van der Waals surface area contributed by atoms with Gasteiger partial charge in [-0.2, -0.15) is 0 Å². The van der Waals surface area contributed by atoms with E-state index < -0.39 is 29.9 Å². The van der Waals surface area contributed by atoms with Gasteiger partial charge in [0.1, 0.15) is 47.5 Å². The Balaban J connectivity index is 1.72. The minimum atomic E-state index is -1.33. The lowest BCUT2D eigenvalue weighted by Gasteiger charge is -2.40. The molecule has 32 heavy (non-hydrogen) atoms. The van der Waals surface area contributed by atoms with Gasteiger partial charge < -0.3 is 29.5 Å². The average molecular weight is 481 g/mol. The lowest BCUT2D eigenvalue weighted by Crippen LogP contribution is -2.53. The first kappa shape index (κ1) is 23.7. The second-order valence-electron chi connectivity index (χ2n) is 8.27. The van der Waals surface area contributed by atoms with Crippen LogP contribution in [0.2, 0.25) is 5.02 Å². The molecule has 4 rings (SSSR count). The van der Waals surface area contributed by atoms with Crippen LogP contribution < -0.4 is 9.47 Å². The molecule has 0 aliphatic carbocycles. The monoisotopic (exact) mass is 480 g/mol. The number of thioether (sulfide) groups is 1. The molecule has 0 radical (unpaired) electrons. The summed E-state index contributed by atoms with van der Waals surface area (Å²) in [7, 11) is 0. The third-order valence-corrected chi connectivity index (χ3v) is 7.29. The lowest BCUT2D eigenvalue weighted by atomic mass is 9.90. The van der Waals surface area contributed by atoms with Crippen LogP contribution in [0.3, 0.4) is 0 Å². The largest absolute Gasteiger partial charge is 0.494 e. The van der Waals surface area contributed by atoms with E-state index in [1.807, 2.05) is 44.2 Å². The molecule has 8 heteroatoms. The molecule has 1 unspecified atom stereocenters. The zero-order chi connectivity index (χ0) is 23.0. The van der Waals surface area contributed by atoms with Gasteiger partial charge in [-0.05, 0) is 55.9 Å². The molecule has 1 fully saturated rings. The Labute approximate surface area is 197 Å². The molecule has 0 amide bonds. The second-order valence-corrected chi connectivity index (χ2v) is 9.58. The highest BCUT2D eigenvalue weighted by Crippen LogP contribution is 2.47. The molecule has 0 aromatic heterocycles. The van der Waals surface area contributed by atoms with Gasteiger partial charge in [0.2, 0.25) is 0 Å². The van der Waals surface area contributed by atoms with Gasteiger partial charge in [-0.25, -0.2) is 0 Å². The molecule has 6 nitrogen and oxygen atoms in total. The van der Waals surface area contributed by atoms with Crippen molar-refractivity contribution in [3.8, 4) is 11.5 Å². The van der Waals surface area contributed by atoms with Crippen LogP contribution in [0.25, 0.3) is 0 Å². The maximum absolute atomic E-state index is 10.8. The van der Waals surface area contributed by atoms with Crippen molar-refractivity contribution in [2.45, 2.75) is 62.6 Å². The Hall–Kier alpha value is -1.48. The van der Waals surface area contributed by atoms with Gasteiger partial charge in [0.05, 0.1) is 11.6 Å². The van der Waals surface area contributed by atoms with E-state index in [0.717, 1.165) is 22.4 Å². The van der Waals surface area contributed by atoms with Gasteiger partial charge in [0, 0.05) is 17.5 Å². The molecule has 2 aliphatic heterocycles. The molecular formula is C24H29ClO6S. The Morgan fingerprint density at radius 3 is 2.50 bits per heavy atom. The van der Waals surface area contributed by atoms with Gasteiger partial charge in [0.15, 0.2) is 0 Å². The zero-order valence-electron chi connectivity index (χ0n) is 18.3. The van der Waals surface area contributed by atoms with Crippen molar-refractivity contribution >= 4 is 23.4 Å². The van der Waals surface area contributed by atoms with Gasteiger partial charge in [0.25, 0.3) is 0 Å². The van der Waals surface area contributed by atoms with E-state index >= 15 is 0 Å². The van der Waals surface area contributed by atoms with Crippen molar-refractivity contribution in [1.82, 2.24) is 0 Å². The number of hydrogen-bond acceptors (Lipinski definition) is 7. The highest BCUT2D eigenvalue weighted by molar-refractivity contribution is 7.99. The summed E-state index contributed by atoms with van der Waals surface area (Å²) in [6.07, 6.45) is -1.69. The number of ether oxygens (including phenoxy) is 3. The first-order valence-electron chi connectivity index (χ1n) is 10.8. The predicted molar refractivity (Wildman–Crippen MR) is 125 cm³/mol. The van der Waals surface area contributed by atoms with Gasteiger partial charge >= 0.3 is 0 Å². The average Bonchev–Trinajstić information content (AvgIpc) is 3.18. The van der Waals surface area contributed by atoms with E-state index in [2.05, 4.69) is 0 Å². The Kier molecular flexibility index (Phi) is 7.24. The first-order valence-corrected chi connectivity index (χ1v) is 12.5. The van der Waals surface area contributed by atoms with E-state index in [1.54, 1.807) is 6.26 Å². The maximum Gasteiger partial charge on any atom is 0.132 e. The summed E-state index contributed by atoms with van der Waals surface area (Å²) in [5, 5.41) is 32.1. The van der Waals surface area contributed by atoms with Gasteiger partial charge in [-0.1, -0.05) is 23.7 Å². The van der Waals surface area contributed by atoms with Crippen LogP contribution in [0, 0.1) is 0 Å². The SMILES string of the molecule is CCOc1ccc(Cc2cc([C@@H]3O[C@H](SC)[C@@H](O)[C@H](O)[C@H]3O)c3c(c2Cl)CC(C)O3)cc1. The van der Waals surface area contributed by atoms with E-state index in [4.69, 9.17) is 25.8 Å². The van der Waals surface area contributed by atoms with E-state index in [0.29, 0.717) is 35.8 Å². The van der Waals surface area contributed by atoms with E-state index in [-0.39, 0.29) is 6.10 Å². The molecule has 0 saturated carbocycles. The molecular weight excluding hydrogens is 452 g/mol. The summed E-state index contributed by atoms with van der Waals surface area (Å²) in [5.74, 6) is 1.42. The standard InChI is InChI=1S/C24H29ClO6S/c1-4-29-15-7-5-13(6-8-15)10-14-11-17(22-16(18(14)25)9-12(2)30-22)23-20(27)19(26)21(28)24(31-23)32-3/h5-8,11-12,19-21,23-24,26-28H,4,9-10H2,1-3H3/t12?,19-,20-,21+,23+,24-/m1/s1. The quantitative estimate of drug-likeness (QED) is 0.583. The first-order chi connectivity index (χ1) is 15.3. The number of aliphatic hydroxyl groups is 3. The maximum atomic E-state index is 10.8. The number of hydrogen-bond donors (Lipinski definition) is 3. The van der Waals surface area contributed by atoms with Crippen LogP contribution in [0.4, 0.5) is 0 Å². The van der Waals surface area contributed by atoms with Crippen LogP contribution in [0.1, 0.15) is 42.2 Å². The fraction of sp³-hybridized carbons (Fsp3) is 0.500. The summed E-state index contributed by atoms with van der Waals surface area (Å²) in [6.45, 7) is 4.52. The summed E-state index contributed by atoms with van der Waals surface area (Å²) < 4.78 is 17.6. The van der Waals surface area contributed by atoms with Crippen LogP contribution in [0.15, 0.2) is 30.3 Å². The van der Waals surface area contributed by atoms with Crippen molar-refractivity contribution < 1.29 is 29.5 Å². The van der Waals surface area contributed by atoms with Crippen molar-refractivity contribution in [3.63, 3.8) is 0 Å². The fourth-order valence-electron chi connectivity index (χ4n) is 4.37. The van der Waals surface area contributed by atoms with Crippen molar-refractivity contribution in [2.24, 2.45) is 0 Å². The van der Waals surface area contributed by atoms with E-state index in [1.165, 1.54) is 11.8 Å². The lowest BCUT2D eigenvalue weighted by molar-refractivity contribution is -0.200. The third-order valence-electron chi connectivity index (χ3n) is 5.96. The van der Waals surface area contributed by atoms with Crippen molar-refractivity contribution in [2.75, 3.05) is 12.9 Å². The minimum Gasteiger partial charge on any atom is -0.494 e. The number of fused-ring (bicyclic) bond motifs is 1. The third kappa shape index (κ3) is 4.47. The van der Waals surface area contributed by atoms with Crippen molar-refractivity contribution in [1.29, 1.82) is 0 Å². The number of benzene rings is 2. The molecule has 6 atom stereocenters. The molecule has 2 aromatic carbocycles. The number of rotatable bonds is 6. The van der Waals surface area contributed by atoms with Gasteiger partial charge in [-0.3, -0.25) is 0 Å². The Bertz CT molecular complexity index is 950. The number of halogens is 1. The molecule has 2 heterocycles. The molecule has 174 valence electrons. The second kappa shape index (κ2) is 9.79. The molecule has 1 saturated heterocycles. The summed E-state index contributed by atoms with van der Waals surface area (Å²) in [4.78, 5) is 0. The topological polar surface area (TPSA) is 88.4 Å². The molecule has 3 N–H and O–H groups in total. The number of aliphatic hydroxyl groups excluding tert-OH is 3. The summed E-state index contributed by atoms with van der Waals surface area (Å²) >= 11 is 8.09. The smallest absolute Gasteiger partial charge is 0.132 e. The zero-order valence-corrected chi connectivity index (χ0v) is 19.9. The van der Waals surface area contributed by atoms with Crippen LogP contribution >= 0.6 is 23.4 Å². The van der Waals surface area contributed by atoms with E-state index in [9.17, 15) is 15.3 Å². The summed E-state index contributed by atoms with van der Waals surface area (Å²) in [6, 6.07) is 9.76. The molecule has 2 aromatic rings. The molecule has 0 spiro atoms. The predicted octanol–water partition coefficient (Wildman–Crippen LogP) is 3.50. The van der Waals surface area contributed by atoms with Crippen LogP contribution in [0.5, 0.6) is 11.5 Å². The molecule has 2 aliphatic rings. The molecule has 0 bridgehead atoms. The Morgan fingerprint density at radius 2 is 1.84 bits per heavy atom. The highest BCUT2D eigenvalue weighted by Gasteiger charge is 2.46. The minimum absolute atomic E-state index is 0.0606. The normalized spacial score (nSPS) is 29.5. The van der Waals surface area contributed by atoms with Crippen molar-refractivity contribution in [3.05, 3.63) is 57.6 Å². The highest BCUT2D eigenvalue weighted by atomic mass is 35.5. The van der Waals surface area contributed by atoms with Crippen LogP contribution in [-0.4, -0.2) is 58.0 Å². The Morgan fingerprint density at radius 1 is 1.12 bits per heavy atom. The van der Waals surface area contributed by atoms with Gasteiger partial charge in [-0.15, -0.1) is 11.8 Å². The fourth-order valence-corrected chi connectivity index (χ4v) is 5.32.